The molecular weight excluding hydrogens is 266 g/mol. The summed E-state index contributed by atoms with van der Waals surface area (Å²) in [7, 11) is 0. The first-order chi connectivity index (χ1) is 10.3. The molecule has 2 aromatic rings. The summed E-state index contributed by atoms with van der Waals surface area (Å²) >= 11 is 0. The van der Waals surface area contributed by atoms with E-state index in [0.29, 0.717) is 13.2 Å². The third-order valence-electron chi connectivity index (χ3n) is 3.44. The molecular formula is C17H17NO3. The first-order valence-electron chi connectivity index (χ1n) is 7.01. The highest BCUT2D eigenvalue weighted by Crippen LogP contribution is 2.24. The van der Waals surface area contributed by atoms with Gasteiger partial charge in [0.05, 0.1) is 12.6 Å². The van der Waals surface area contributed by atoms with Gasteiger partial charge in [-0.1, -0.05) is 42.5 Å². The van der Waals surface area contributed by atoms with Crippen molar-refractivity contribution in [1.82, 2.24) is 5.32 Å². The van der Waals surface area contributed by atoms with Gasteiger partial charge in [-0.05, 0) is 23.3 Å². The number of hydrogen-bond donors (Lipinski definition) is 1. The fourth-order valence-corrected chi connectivity index (χ4v) is 2.34. The van der Waals surface area contributed by atoms with Crippen LogP contribution in [-0.2, 0) is 11.3 Å². The first-order valence-corrected chi connectivity index (χ1v) is 7.01. The van der Waals surface area contributed by atoms with Gasteiger partial charge in [0, 0.05) is 6.42 Å². The van der Waals surface area contributed by atoms with Crippen LogP contribution in [-0.4, -0.2) is 12.7 Å². The lowest BCUT2D eigenvalue weighted by Crippen LogP contribution is -2.35. The number of ether oxygens (including phenoxy) is 2. The number of carbonyl (C=O) groups is 1. The predicted molar refractivity (Wildman–Crippen MR) is 79.1 cm³/mol. The molecule has 2 aromatic carbocycles. The lowest BCUT2D eigenvalue weighted by Gasteiger charge is -2.24. The molecule has 1 fully saturated rings. The minimum atomic E-state index is -0.359. The molecule has 1 atom stereocenters. The Bertz CT molecular complexity index is 612. The van der Waals surface area contributed by atoms with Crippen LogP contribution in [0, 0.1) is 0 Å². The van der Waals surface area contributed by atoms with Crippen molar-refractivity contribution in [2.45, 2.75) is 19.1 Å². The molecule has 0 aromatic heterocycles. The zero-order valence-electron chi connectivity index (χ0n) is 11.6. The highest BCUT2D eigenvalue weighted by Gasteiger charge is 2.20. The van der Waals surface area contributed by atoms with Gasteiger partial charge in [-0.15, -0.1) is 0 Å². The van der Waals surface area contributed by atoms with Gasteiger partial charge in [0.2, 0.25) is 0 Å². The molecule has 21 heavy (non-hydrogen) atoms. The Labute approximate surface area is 123 Å². The van der Waals surface area contributed by atoms with Crippen molar-refractivity contribution in [1.29, 1.82) is 0 Å². The summed E-state index contributed by atoms with van der Waals surface area (Å²) in [5.74, 6) is 0.803. The van der Waals surface area contributed by atoms with Crippen molar-refractivity contribution in [3.8, 4) is 5.75 Å². The minimum absolute atomic E-state index is 0.00785. The smallest absolute Gasteiger partial charge is 0.407 e. The monoisotopic (exact) mass is 283 g/mol. The normalized spacial score (nSPS) is 17.7. The van der Waals surface area contributed by atoms with E-state index in [1.807, 2.05) is 54.6 Å². The van der Waals surface area contributed by atoms with E-state index in [0.717, 1.165) is 23.3 Å². The fourth-order valence-electron chi connectivity index (χ4n) is 2.34. The third kappa shape index (κ3) is 3.54. The average molecular weight is 283 g/mol. The topological polar surface area (TPSA) is 47.6 Å². The molecule has 0 unspecified atom stereocenters. The van der Waals surface area contributed by atoms with Crippen LogP contribution < -0.4 is 10.1 Å². The molecule has 1 saturated heterocycles. The second-order valence-corrected chi connectivity index (χ2v) is 4.97. The van der Waals surface area contributed by atoms with Crippen LogP contribution in [0.15, 0.2) is 54.6 Å². The molecule has 0 spiro atoms. The Morgan fingerprint density at radius 3 is 2.81 bits per heavy atom. The van der Waals surface area contributed by atoms with Crippen molar-refractivity contribution in [2.24, 2.45) is 0 Å². The van der Waals surface area contributed by atoms with Crippen molar-refractivity contribution in [2.75, 3.05) is 6.61 Å². The molecule has 4 nitrogen and oxygen atoms in total. The summed E-state index contributed by atoms with van der Waals surface area (Å²) in [6, 6.07) is 17.9. The van der Waals surface area contributed by atoms with Crippen LogP contribution >= 0.6 is 0 Å². The maximum Gasteiger partial charge on any atom is 0.407 e. The molecule has 4 heteroatoms. The average Bonchev–Trinajstić information content (AvgIpc) is 2.54. The summed E-state index contributed by atoms with van der Waals surface area (Å²) in [5.41, 5.74) is 2.17. The minimum Gasteiger partial charge on any atom is -0.489 e. The first kappa shape index (κ1) is 13.5. The summed E-state index contributed by atoms with van der Waals surface area (Å²) in [5, 5.41) is 2.82. The molecule has 1 aliphatic rings. The Kier molecular flexibility index (Phi) is 4.05. The maximum absolute atomic E-state index is 11.3. The maximum atomic E-state index is 11.3. The zero-order valence-corrected chi connectivity index (χ0v) is 11.6. The number of benzene rings is 2. The lowest BCUT2D eigenvalue weighted by atomic mass is 10.0. The van der Waals surface area contributed by atoms with E-state index in [-0.39, 0.29) is 12.1 Å². The van der Waals surface area contributed by atoms with Gasteiger partial charge in [0.25, 0.3) is 0 Å². The van der Waals surface area contributed by atoms with E-state index in [1.54, 1.807) is 0 Å². The molecule has 0 bridgehead atoms. The molecule has 0 radical (unpaired) electrons. The van der Waals surface area contributed by atoms with E-state index in [2.05, 4.69) is 5.32 Å². The molecule has 3 rings (SSSR count). The third-order valence-corrected chi connectivity index (χ3v) is 3.44. The van der Waals surface area contributed by atoms with Gasteiger partial charge >= 0.3 is 6.09 Å². The number of nitrogens with one attached hydrogen (secondary N) is 1. The molecule has 1 aliphatic heterocycles. The molecule has 1 heterocycles. The molecule has 108 valence electrons. The van der Waals surface area contributed by atoms with Gasteiger partial charge in [0.1, 0.15) is 12.4 Å². The van der Waals surface area contributed by atoms with E-state index >= 15 is 0 Å². The highest BCUT2D eigenvalue weighted by atomic mass is 16.5. The molecule has 0 saturated carbocycles. The number of amides is 1. The van der Waals surface area contributed by atoms with Gasteiger partial charge in [-0.25, -0.2) is 4.79 Å². The van der Waals surface area contributed by atoms with E-state index in [1.165, 1.54) is 0 Å². The second kappa shape index (κ2) is 6.31. The van der Waals surface area contributed by atoms with E-state index in [4.69, 9.17) is 9.47 Å². The lowest BCUT2D eigenvalue weighted by molar-refractivity contribution is 0.115. The Balaban J connectivity index is 1.67. The van der Waals surface area contributed by atoms with Crippen LogP contribution in [0.3, 0.4) is 0 Å². The summed E-state index contributed by atoms with van der Waals surface area (Å²) in [4.78, 5) is 11.3. The quantitative estimate of drug-likeness (QED) is 0.935. The number of rotatable bonds is 4. The highest BCUT2D eigenvalue weighted by molar-refractivity contribution is 5.68. The summed E-state index contributed by atoms with van der Waals surface area (Å²) in [6.07, 6.45) is 0.412. The van der Waals surface area contributed by atoms with Crippen molar-refractivity contribution >= 4 is 6.09 Å². The molecule has 0 aliphatic carbocycles. The Morgan fingerprint density at radius 2 is 2.00 bits per heavy atom. The Hall–Kier alpha value is -2.49. The Morgan fingerprint density at radius 1 is 1.14 bits per heavy atom. The van der Waals surface area contributed by atoms with E-state index < -0.39 is 0 Å². The molecule has 1 N–H and O–H groups in total. The van der Waals surface area contributed by atoms with Crippen LogP contribution in [0.5, 0.6) is 5.75 Å². The van der Waals surface area contributed by atoms with Gasteiger partial charge < -0.3 is 14.8 Å². The number of cyclic esters (lactones) is 1. The zero-order chi connectivity index (χ0) is 14.5. The molecule has 1 amide bonds. The standard InChI is InChI=1S/C17H17NO3/c19-17-18-16(9-10-20-17)14-7-4-8-15(11-14)21-12-13-5-2-1-3-6-13/h1-8,11,16H,9-10,12H2,(H,18,19)/t16-/m1/s1. The number of alkyl carbamates (subject to hydrolysis) is 1. The van der Waals surface area contributed by atoms with Crippen LogP contribution in [0.25, 0.3) is 0 Å². The van der Waals surface area contributed by atoms with E-state index in [9.17, 15) is 4.79 Å². The van der Waals surface area contributed by atoms with Crippen molar-refractivity contribution < 1.29 is 14.3 Å². The fraction of sp³-hybridized carbons (Fsp3) is 0.235. The van der Waals surface area contributed by atoms with Crippen molar-refractivity contribution in [3.63, 3.8) is 0 Å². The van der Waals surface area contributed by atoms with Gasteiger partial charge in [-0.2, -0.15) is 0 Å². The van der Waals surface area contributed by atoms with Crippen molar-refractivity contribution in [3.05, 3.63) is 65.7 Å². The van der Waals surface area contributed by atoms with Crippen LogP contribution in [0.2, 0.25) is 0 Å². The summed E-state index contributed by atoms with van der Waals surface area (Å²) in [6.45, 7) is 0.982. The number of hydrogen-bond acceptors (Lipinski definition) is 3. The number of carbonyl (C=O) groups excluding carboxylic acids is 1. The largest absolute Gasteiger partial charge is 0.489 e. The van der Waals surface area contributed by atoms with Gasteiger partial charge in [-0.3, -0.25) is 0 Å². The van der Waals surface area contributed by atoms with Crippen LogP contribution in [0.4, 0.5) is 4.79 Å². The summed E-state index contributed by atoms with van der Waals surface area (Å²) < 4.78 is 10.7. The van der Waals surface area contributed by atoms with Crippen LogP contribution in [0.1, 0.15) is 23.6 Å². The van der Waals surface area contributed by atoms with Gasteiger partial charge in [0.15, 0.2) is 0 Å². The second-order valence-electron chi connectivity index (χ2n) is 4.97. The SMILES string of the molecule is O=C1N[C@@H](c2cccc(OCc3ccccc3)c2)CCO1. The predicted octanol–water partition coefficient (Wildman–Crippen LogP) is 3.44.